The van der Waals surface area contributed by atoms with Crippen molar-refractivity contribution in [1.82, 2.24) is 0 Å². The van der Waals surface area contributed by atoms with Crippen LogP contribution in [0.15, 0.2) is 91.0 Å². The van der Waals surface area contributed by atoms with E-state index in [1.165, 1.54) is 30.3 Å². The highest BCUT2D eigenvalue weighted by atomic mass is 19.3. The van der Waals surface area contributed by atoms with Crippen molar-refractivity contribution in [3.05, 3.63) is 137 Å². The minimum absolute atomic E-state index is 0.0773. The van der Waals surface area contributed by atoms with Gasteiger partial charge in [-0.2, -0.15) is 0 Å². The molecule has 0 amide bonds. The third-order valence-corrected chi connectivity index (χ3v) is 6.19. The van der Waals surface area contributed by atoms with Gasteiger partial charge in [0.15, 0.2) is 23.2 Å². The Bertz CT molecular complexity index is 1660. The van der Waals surface area contributed by atoms with Gasteiger partial charge in [-0.1, -0.05) is 66.2 Å². The lowest BCUT2D eigenvalue weighted by Crippen LogP contribution is -1.92. The molecule has 0 bridgehead atoms. The number of halogens is 8. The molecule has 0 N–H and O–H groups in total. The monoisotopic (exact) mass is 572 g/mol. The molecule has 0 spiro atoms. The Kier molecular flexibility index (Phi) is 9.07. The van der Waals surface area contributed by atoms with Crippen LogP contribution in [0.5, 0.6) is 5.75 Å². The number of alkyl halides is 1. The quantitative estimate of drug-likeness (QED) is 0.150. The maximum Gasteiger partial charge on any atom is 0.194 e. The Balaban J connectivity index is 0.000000296. The molecule has 0 radical (unpaired) electrons. The Hall–Kier alpha value is -4.66. The van der Waals surface area contributed by atoms with E-state index in [9.17, 15) is 35.3 Å². The Morgan fingerprint density at radius 2 is 0.976 bits per heavy atom. The topological polar surface area (TPSA) is 9.23 Å². The molecule has 0 atom stereocenters. The summed E-state index contributed by atoms with van der Waals surface area (Å²) in [5, 5.41) is 0. The maximum absolute atomic E-state index is 14.8. The molecule has 0 aliphatic heterocycles. The van der Waals surface area contributed by atoms with Crippen LogP contribution in [0, 0.1) is 41.8 Å². The molecule has 0 heterocycles. The standard InChI is InChI=1S/C26H18F4.C6H2F4O/c1-16-2-4-17(5-3-16)18-8-10-22(25(29)12-18)20-9-11-23(26(30)14-20)19-6-7-21(15-27)24(28)13-19;7-4-1-3(11-10)2-5(8)6(4)9/h2-14H,15H2,1H3;1-2H. The van der Waals surface area contributed by atoms with Crippen molar-refractivity contribution in [3.8, 4) is 39.1 Å². The molecule has 0 fully saturated rings. The molecule has 1 nitrogen and oxygen atoms in total. The minimum Gasteiger partial charge on any atom is -0.294 e. The van der Waals surface area contributed by atoms with Crippen LogP contribution in [0.3, 0.4) is 0 Å². The van der Waals surface area contributed by atoms with E-state index in [-0.39, 0.29) is 16.7 Å². The number of hydrogen-bond donors (Lipinski definition) is 0. The van der Waals surface area contributed by atoms with E-state index >= 15 is 0 Å². The zero-order chi connectivity index (χ0) is 29.7. The summed E-state index contributed by atoms with van der Waals surface area (Å²) in [6.45, 7) is 1.06. The molecule has 0 aromatic heterocycles. The lowest BCUT2D eigenvalue weighted by molar-refractivity contribution is -0.00711. The average Bonchev–Trinajstić information content (AvgIpc) is 2.96. The number of rotatable bonds is 5. The second-order valence-electron chi connectivity index (χ2n) is 8.97. The molecule has 0 aliphatic carbocycles. The first-order valence-corrected chi connectivity index (χ1v) is 12.1. The van der Waals surface area contributed by atoms with Gasteiger partial charge >= 0.3 is 0 Å². The van der Waals surface area contributed by atoms with Gasteiger partial charge in [0.05, 0.1) is 0 Å². The first-order valence-electron chi connectivity index (χ1n) is 12.1. The Morgan fingerprint density at radius 3 is 1.46 bits per heavy atom. The summed E-state index contributed by atoms with van der Waals surface area (Å²) in [5.41, 5.74) is 3.78. The molecule has 5 aromatic rings. The van der Waals surface area contributed by atoms with Crippen molar-refractivity contribution in [3.63, 3.8) is 0 Å². The van der Waals surface area contributed by atoms with Crippen LogP contribution in [0.4, 0.5) is 35.3 Å². The maximum atomic E-state index is 14.8. The van der Waals surface area contributed by atoms with Gasteiger partial charge in [-0.25, -0.2) is 30.7 Å². The van der Waals surface area contributed by atoms with E-state index in [1.807, 2.05) is 31.2 Å². The number of aryl methyl sites for hydroxylation is 1. The SMILES string of the molecule is Cc1ccc(-c2ccc(-c3ccc(-c4ccc(CF)c(F)c4)c(F)c3)c(F)c2)cc1.FOc1cc(F)c(F)c(F)c1. The molecule has 41 heavy (non-hydrogen) atoms. The highest BCUT2D eigenvalue weighted by molar-refractivity contribution is 5.74. The number of hydrogen-bond acceptors (Lipinski definition) is 1. The minimum atomic E-state index is -1.65. The normalized spacial score (nSPS) is 10.7. The first kappa shape index (κ1) is 29.3. The third kappa shape index (κ3) is 6.74. The summed E-state index contributed by atoms with van der Waals surface area (Å²) in [6.07, 6.45) is 0. The van der Waals surface area contributed by atoms with Crippen molar-refractivity contribution in [2.45, 2.75) is 13.6 Å². The van der Waals surface area contributed by atoms with E-state index in [1.54, 1.807) is 18.2 Å². The summed E-state index contributed by atoms with van der Waals surface area (Å²) in [5.74, 6) is -7.13. The lowest BCUT2D eigenvalue weighted by atomic mass is 9.96. The van der Waals surface area contributed by atoms with Crippen LogP contribution in [-0.4, -0.2) is 0 Å². The predicted octanol–water partition coefficient (Wildman–Crippen LogP) is 10.3. The molecule has 0 saturated heterocycles. The van der Waals surface area contributed by atoms with Crippen LogP contribution in [0.2, 0.25) is 0 Å². The van der Waals surface area contributed by atoms with E-state index in [0.29, 0.717) is 23.3 Å². The zero-order valence-corrected chi connectivity index (χ0v) is 21.3. The molecule has 0 saturated carbocycles. The molecule has 0 unspecified atom stereocenters. The Morgan fingerprint density at radius 1 is 0.512 bits per heavy atom. The van der Waals surface area contributed by atoms with Gasteiger partial charge in [0.1, 0.15) is 24.1 Å². The second kappa shape index (κ2) is 12.7. The smallest absolute Gasteiger partial charge is 0.194 e. The number of benzene rings is 5. The van der Waals surface area contributed by atoms with Crippen LogP contribution >= 0.6 is 0 Å². The van der Waals surface area contributed by atoms with E-state index in [0.717, 1.165) is 22.8 Å². The molecule has 9 heteroatoms. The second-order valence-corrected chi connectivity index (χ2v) is 8.97. The van der Waals surface area contributed by atoms with Crippen molar-refractivity contribution < 1.29 is 40.2 Å². The van der Waals surface area contributed by atoms with E-state index < -0.39 is 47.3 Å². The van der Waals surface area contributed by atoms with Crippen molar-refractivity contribution in [1.29, 1.82) is 0 Å². The van der Waals surface area contributed by atoms with Gasteiger partial charge in [-0.05, 0) is 47.4 Å². The lowest BCUT2D eigenvalue weighted by Gasteiger charge is -2.10. The van der Waals surface area contributed by atoms with Gasteiger partial charge in [0.25, 0.3) is 0 Å². The predicted molar refractivity (Wildman–Crippen MR) is 140 cm³/mol. The summed E-state index contributed by atoms with van der Waals surface area (Å²) in [4.78, 5) is 2.98. The average molecular weight is 572 g/mol. The molecular weight excluding hydrogens is 552 g/mol. The van der Waals surface area contributed by atoms with E-state index in [4.69, 9.17) is 0 Å². The summed E-state index contributed by atoms with van der Waals surface area (Å²) in [7, 11) is 0. The largest absolute Gasteiger partial charge is 0.294 e. The van der Waals surface area contributed by atoms with Gasteiger partial charge in [-0.15, -0.1) is 0 Å². The van der Waals surface area contributed by atoms with E-state index in [2.05, 4.69) is 4.94 Å². The highest BCUT2D eigenvalue weighted by Gasteiger charge is 2.14. The zero-order valence-electron chi connectivity index (χ0n) is 21.3. The van der Waals surface area contributed by atoms with Gasteiger partial charge < -0.3 is 0 Å². The summed E-state index contributed by atoms with van der Waals surface area (Å²) >= 11 is 0. The fourth-order valence-electron chi connectivity index (χ4n) is 3.99. The van der Waals surface area contributed by atoms with Crippen molar-refractivity contribution >= 4 is 0 Å². The van der Waals surface area contributed by atoms with Crippen LogP contribution in [0.25, 0.3) is 33.4 Å². The van der Waals surface area contributed by atoms with Gasteiger partial charge in [0, 0.05) is 33.3 Å². The van der Waals surface area contributed by atoms with Crippen LogP contribution in [0.1, 0.15) is 11.1 Å². The van der Waals surface area contributed by atoms with Crippen LogP contribution in [-0.2, 0) is 6.67 Å². The van der Waals surface area contributed by atoms with Crippen LogP contribution < -0.4 is 4.94 Å². The van der Waals surface area contributed by atoms with Gasteiger partial charge in [-0.3, -0.25) is 4.94 Å². The molecule has 210 valence electrons. The fraction of sp³-hybridized carbons (Fsp3) is 0.0625. The fourth-order valence-corrected chi connectivity index (χ4v) is 3.99. The highest BCUT2D eigenvalue weighted by Crippen LogP contribution is 2.32. The summed E-state index contributed by atoms with van der Waals surface area (Å²) in [6, 6.07) is 21.5. The molecule has 5 aromatic carbocycles. The van der Waals surface area contributed by atoms with Crippen molar-refractivity contribution in [2.24, 2.45) is 0 Å². The molecule has 0 aliphatic rings. The first-order chi connectivity index (χ1) is 19.6. The van der Waals surface area contributed by atoms with Gasteiger partial charge in [0.2, 0.25) is 0 Å². The molecule has 5 rings (SSSR count). The van der Waals surface area contributed by atoms with Crippen molar-refractivity contribution in [2.75, 3.05) is 0 Å². The summed E-state index contributed by atoms with van der Waals surface area (Å²) < 4.78 is 104. The third-order valence-electron chi connectivity index (χ3n) is 6.19. The molecular formula is C32H20F8O. The Labute approximate surface area is 230 Å².